The number of non-ortho nitro benzene ring substituents is 1. The molecule has 4 aromatic rings. The summed E-state index contributed by atoms with van der Waals surface area (Å²) in [5, 5.41) is 18.2. The minimum Gasteiger partial charge on any atom is -0.321 e. The van der Waals surface area contributed by atoms with E-state index in [1.807, 2.05) is 0 Å². The van der Waals surface area contributed by atoms with Crippen LogP contribution in [0.3, 0.4) is 0 Å². The van der Waals surface area contributed by atoms with Gasteiger partial charge in [0.25, 0.3) is 11.2 Å². The molecule has 1 amide bonds. The lowest BCUT2D eigenvalue weighted by Crippen LogP contribution is -2.12. The topological polar surface area (TPSA) is 136 Å². The summed E-state index contributed by atoms with van der Waals surface area (Å²) in [5.41, 5.74) is 1.49. The predicted octanol–water partition coefficient (Wildman–Crippen LogP) is 2.67. The third kappa shape index (κ3) is 3.69. The number of rotatable bonds is 5. The number of nitro benzene ring substituents is 1. The Morgan fingerprint density at radius 3 is 2.87 bits per heavy atom. The third-order valence-electron chi connectivity index (χ3n) is 4.27. The van der Waals surface area contributed by atoms with Gasteiger partial charge in [0.2, 0.25) is 5.91 Å². The van der Waals surface area contributed by atoms with Crippen LogP contribution in [0, 0.1) is 10.1 Å². The molecule has 0 aliphatic heterocycles. The molecule has 0 aliphatic rings. The second kappa shape index (κ2) is 7.80. The molecule has 0 atom stereocenters. The number of carbonyl (C=O) groups is 1. The molecule has 0 unspecified atom stereocenters. The van der Waals surface area contributed by atoms with Gasteiger partial charge in [-0.05, 0) is 23.8 Å². The summed E-state index contributed by atoms with van der Waals surface area (Å²) in [5.74, 6) is -0.434. The molecule has 2 heterocycles. The Bertz CT molecular complexity index is 1350. The SMILES string of the molecule is O=C(/C=C/c1cccc([N+](=O)[O-])c1)Nc1ccccc1-n1ncc2c(=O)[nH]cnc21. The quantitative estimate of drug-likeness (QED) is 0.299. The fourth-order valence-electron chi connectivity index (χ4n) is 2.88. The van der Waals surface area contributed by atoms with E-state index in [1.165, 1.54) is 41.5 Å². The standard InChI is InChI=1S/C20H14N6O4/c27-18(9-8-13-4-3-5-14(10-13)26(29)30)24-16-6-1-2-7-17(16)25-19-15(11-23-25)20(28)22-12-21-19/h1-12H,(H,24,27)(H,21,22,28)/b9-8+. The Hall–Kier alpha value is -4.60. The van der Waals surface area contributed by atoms with E-state index < -0.39 is 10.8 Å². The fourth-order valence-corrected chi connectivity index (χ4v) is 2.88. The second-order valence-electron chi connectivity index (χ2n) is 6.22. The first kappa shape index (κ1) is 18.7. The molecule has 2 N–H and O–H groups in total. The highest BCUT2D eigenvalue weighted by atomic mass is 16.6. The summed E-state index contributed by atoms with van der Waals surface area (Å²) in [6.07, 6.45) is 5.45. The largest absolute Gasteiger partial charge is 0.321 e. The molecule has 0 bridgehead atoms. The molecule has 0 saturated carbocycles. The molecule has 10 heteroatoms. The van der Waals surface area contributed by atoms with Gasteiger partial charge >= 0.3 is 0 Å². The lowest BCUT2D eigenvalue weighted by molar-refractivity contribution is -0.384. The van der Waals surface area contributed by atoms with Crippen LogP contribution in [0.2, 0.25) is 0 Å². The molecule has 2 aromatic heterocycles. The van der Waals surface area contributed by atoms with Crippen LogP contribution in [0.15, 0.2) is 71.9 Å². The summed E-state index contributed by atoms with van der Waals surface area (Å²) in [6.45, 7) is 0. The molecule has 10 nitrogen and oxygen atoms in total. The van der Waals surface area contributed by atoms with Gasteiger partial charge < -0.3 is 10.3 Å². The molecular formula is C20H14N6O4. The van der Waals surface area contributed by atoms with Crippen molar-refractivity contribution in [1.82, 2.24) is 19.7 Å². The number of fused-ring (bicyclic) bond motifs is 1. The van der Waals surface area contributed by atoms with Crippen molar-refractivity contribution in [2.24, 2.45) is 0 Å². The number of amides is 1. The Kier molecular flexibility index (Phi) is 4.87. The highest BCUT2D eigenvalue weighted by molar-refractivity contribution is 6.03. The Balaban J connectivity index is 1.61. The number of carbonyl (C=O) groups excluding carboxylic acids is 1. The molecular weight excluding hydrogens is 388 g/mol. The summed E-state index contributed by atoms with van der Waals surface area (Å²) in [7, 11) is 0. The molecule has 148 valence electrons. The van der Waals surface area contributed by atoms with Gasteiger partial charge in [0, 0.05) is 18.2 Å². The highest BCUT2D eigenvalue weighted by Gasteiger charge is 2.13. The van der Waals surface area contributed by atoms with E-state index in [-0.39, 0.29) is 11.2 Å². The van der Waals surface area contributed by atoms with Crippen molar-refractivity contribution in [2.75, 3.05) is 5.32 Å². The van der Waals surface area contributed by atoms with Crippen LogP contribution < -0.4 is 10.9 Å². The number of H-pyrrole nitrogens is 1. The lowest BCUT2D eigenvalue weighted by atomic mass is 10.2. The van der Waals surface area contributed by atoms with Gasteiger partial charge in [-0.25, -0.2) is 9.67 Å². The number of aromatic amines is 1. The molecule has 0 fully saturated rings. The minimum absolute atomic E-state index is 0.0593. The number of benzene rings is 2. The molecule has 30 heavy (non-hydrogen) atoms. The summed E-state index contributed by atoms with van der Waals surface area (Å²) < 4.78 is 1.46. The van der Waals surface area contributed by atoms with Crippen LogP contribution in [0.25, 0.3) is 22.8 Å². The van der Waals surface area contributed by atoms with Crippen molar-refractivity contribution in [1.29, 1.82) is 0 Å². The maximum atomic E-state index is 12.4. The fraction of sp³-hybridized carbons (Fsp3) is 0. The average molecular weight is 402 g/mol. The first-order chi connectivity index (χ1) is 14.5. The van der Waals surface area contributed by atoms with E-state index >= 15 is 0 Å². The number of nitrogens with zero attached hydrogens (tertiary/aromatic N) is 4. The van der Waals surface area contributed by atoms with Crippen molar-refractivity contribution in [3.63, 3.8) is 0 Å². The highest BCUT2D eigenvalue weighted by Crippen LogP contribution is 2.22. The van der Waals surface area contributed by atoms with Gasteiger partial charge in [0.05, 0.1) is 28.8 Å². The first-order valence-electron chi connectivity index (χ1n) is 8.77. The van der Waals surface area contributed by atoms with Crippen LogP contribution in [0.1, 0.15) is 5.56 Å². The van der Waals surface area contributed by atoms with Crippen molar-refractivity contribution >= 4 is 34.4 Å². The van der Waals surface area contributed by atoms with E-state index in [0.717, 1.165) is 0 Å². The second-order valence-corrected chi connectivity index (χ2v) is 6.22. The van der Waals surface area contributed by atoms with Crippen LogP contribution in [-0.4, -0.2) is 30.6 Å². The van der Waals surface area contributed by atoms with Crippen molar-refractivity contribution in [2.45, 2.75) is 0 Å². The Morgan fingerprint density at radius 2 is 2.03 bits per heavy atom. The number of aromatic nitrogens is 4. The average Bonchev–Trinajstić information content (AvgIpc) is 3.18. The number of hydrogen-bond donors (Lipinski definition) is 2. The summed E-state index contributed by atoms with van der Waals surface area (Å²) >= 11 is 0. The van der Waals surface area contributed by atoms with Gasteiger partial charge in [0.1, 0.15) is 5.39 Å². The Morgan fingerprint density at radius 1 is 1.20 bits per heavy atom. The molecule has 2 aromatic carbocycles. The maximum absolute atomic E-state index is 12.4. The predicted molar refractivity (Wildman–Crippen MR) is 110 cm³/mol. The smallest absolute Gasteiger partial charge is 0.270 e. The zero-order chi connectivity index (χ0) is 21.1. The summed E-state index contributed by atoms with van der Waals surface area (Å²) in [4.78, 5) is 41.3. The number of nitrogens with one attached hydrogen (secondary N) is 2. The number of nitro groups is 1. The van der Waals surface area contributed by atoms with Gasteiger partial charge in [0.15, 0.2) is 5.65 Å². The molecule has 0 aliphatic carbocycles. The van der Waals surface area contributed by atoms with Crippen molar-refractivity contribution < 1.29 is 9.72 Å². The van der Waals surface area contributed by atoms with Crippen LogP contribution in [0.5, 0.6) is 0 Å². The van der Waals surface area contributed by atoms with Crippen molar-refractivity contribution in [3.05, 3.63) is 93.2 Å². The monoisotopic (exact) mass is 402 g/mol. The summed E-state index contributed by atoms with van der Waals surface area (Å²) in [6, 6.07) is 12.9. The van der Waals surface area contributed by atoms with E-state index in [9.17, 15) is 19.7 Å². The third-order valence-corrected chi connectivity index (χ3v) is 4.27. The van der Waals surface area contributed by atoms with E-state index in [0.29, 0.717) is 28.0 Å². The van der Waals surface area contributed by atoms with Gasteiger partial charge in [-0.15, -0.1) is 0 Å². The molecule has 4 rings (SSSR count). The molecule has 0 radical (unpaired) electrons. The first-order valence-corrected chi connectivity index (χ1v) is 8.77. The maximum Gasteiger partial charge on any atom is 0.270 e. The van der Waals surface area contributed by atoms with Gasteiger partial charge in [-0.1, -0.05) is 24.3 Å². The normalized spacial score (nSPS) is 11.1. The van der Waals surface area contributed by atoms with Gasteiger partial charge in [-0.3, -0.25) is 19.7 Å². The molecule has 0 saturated heterocycles. The minimum atomic E-state index is -0.499. The number of anilines is 1. The molecule has 0 spiro atoms. The van der Waals surface area contributed by atoms with Crippen LogP contribution in [-0.2, 0) is 4.79 Å². The van der Waals surface area contributed by atoms with Crippen LogP contribution in [0.4, 0.5) is 11.4 Å². The number of para-hydroxylation sites is 2. The number of hydrogen-bond acceptors (Lipinski definition) is 6. The zero-order valence-corrected chi connectivity index (χ0v) is 15.4. The van der Waals surface area contributed by atoms with Gasteiger partial charge in [-0.2, -0.15) is 5.10 Å². The van der Waals surface area contributed by atoms with E-state index in [2.05, 4.69) is 20.4 Å². The lowest BCUT2D eigenvalue weighted by Gasteiger charge is -2.10. The zero-order valence-electron chi connectivity index (χ0n) is 15.4. The van der Waals surface area contributed by atoms with E-state index in [1.54, 1.807) is 36.4 Å². The van der Waals surface area contributed by atoms with E-state index in [4.69, 9.17) is 0 Å². The Labute approximate surface area is 168 Å². The van der Waals surface area contributed by atoms with Crippen LogP contribution >= 0.6 is 0 Å². The van der Waals surface area contributed by atoms with Crippen molar-refractivity contribution in [3.8, 4) is 5.69 Å².